The standard InChI is InChI=1S/C16H31Cl3/c1-2-3-4-5-6-7-8-9-10-11-12-16(13-17,14-18)15-19/h2-15H2,1H3. The summed E-state index contributed by atoms with van der Waals surface area (Å²) in [5.74, 6) is 1.74. The van der Waals surface area contributed by atoms with Gasteiger partial charge in [-0.3, -0.25) is 0 Å². The van der Waals surface area contributed by atoms with Gasteiger partial charge >= 0.3 is 0 Å². The van der Waals surface area contributed by atoms with Gasteiger partial charge in [0, 0.05) is 23.1 Å². The SMILES string of the molecule is CCCCCCCCCCCCC(CCl)(CCl)CCl. The normalized spacial score (nSPS) is 12.0. The second-order valence-corrected chi connectivity index (χ2v) is 6.63. The molecule has 0 bridgehead atoms. The molecule has 0 radical (unpaired) electrons. The molecule has 116 valence electrons. The quantitative estimate of drug-likeness (QED) is 0.238. The van der Waals surface area contributed by atoms with Crippen LogP contribution in [0, 0.1) is 5.41 Å². The Morgan fingerprint density at radius 2 is 0.947 bits per heavy atom. The Morgan fingerprint density at radius 3 is 1.32 bits per heavy atom. The first-order chi connectivity index (χ1) is 9.24. The van der Waals surface area contributed by atoms with Crippen LogP contribution >= 0.6 is 34.8 Å². The predicted octanol–water partition coefficient (Wildman–Crippen LogP) is 7.00. The van der Waals surface area contributed by atoms with Crippen molar-refractivity contribution in [3.63, 3.8) is 0 Å². The van der Waals surface area contributed by atoms with Gasteiger partial charge in [0.1, 0.15) is 0 Å². The summed E-state index contributed by atoms with van der Waals surface area (Å²) in [5, 5.41) is 0. The number of hydrogen-bond donors (Lipinski definition) is 0. The highest BCUT2D eigenvalue weighted by atomic mass is 35.5. The zero-order chi connectivity index (χ0) is 14.4. The van der Waals surface area contributed by atoms with Gasteiger partial charge in [-0.25, -0.2) is 0 Å². The van der Waals surface area contributed by atoms with E-state index in [1.54, 1.807) is 0 Å². The van der Waals surface area contributed by atoms with E-state index in [0.717, 1.165) is 6.42 Å². The third kappa shape index (κ3) is 10.3. The summed E-state index contributed by atoms with van der Waals surface area (Å²) in [6.45, 7) is 2.27. The fraction of sp³-hybridized carbons (Fsp3) is 1.00. The van der Waals surface area contributed by atoms with Gasteiger partial charge in [0.15, 0.2) is 0 Å². The molecule has 0 aromatic carbocycles. The van der Waals surface area contributed by atoms with Crippen LogP contribution < -0.4 is 0 Å². The second kappa shape index (κ2) is 13.8. The Morgan fingerprint density at radius 1 is 0.579 bits per heavy atom. The molecule has 0 saturated heterocycles. The molecule has 0 N–H and O–H groups in total. The molecule has 3 heteroatoms. The summed E-state index contributed by atoms with van der Waals surface area (Å²) >= 11 is 17.9. The zero-order valence-electron chi connectivity index (χ0n) is 12.5. The molecular weight excluding hydrogens is 299 g/mol. The molecule has 0 aromatic rings. The van der Waals surface area contributed by atoms with Gasteiger partial charge in [0.2, 0.25) is 0 Å². The molecule has 0 saturated carbocycles. The number of halogens is 3. The van der Waals surface area contributed by atoms with Crippen molar-refractivity contribution in [1.29, 1.82) is 0 Å². The van der Waals surface area contributed by atoms with Crippen LogP contribution in [0.15, 0.2) is 0 Å². The highest BCUT2D eigenvalue weighted by Crippen LogP contribution is 2.30. The van der Waals surface area contributed by atoms with Crippen molar-refractivity contribution in [3.8, 4) is 0 Å². The first kappa shape index (κ1) is 19.9. The molecule has 0 heterocycles. The van der Waals surface area contributed by atoms with Crippen molar-refractivity contribution in [2.45, 2.75) is 77.6 Å². The van der Waals surface area contributed by atoms with Gasteiger partial charge in [-0.1, -0.05) is 71.1 Å². The summed E-state index contributed by atoms with van der Waals surface area (Å²) in [6.07, 6.45) is 14.7. The van der Waals surface area contributed by atoms with Crippen LogP contribution in [0.1, 0.15) is 77.6 Å². The van der Waals surface area contributed by atoms with Crippen LogP contribution in [-0.2, 0) is 0 Å². The lowest BCUT2D eigenvalue weighted by Gasteiger charge is -2.26. The van der Waals surface area contributed by atoms with Crippen molar-refractivity contribution in [2.75, 3.05) is 17.6 Å². The smallest absolute Gasteiger partial charge is 0.0302 e. The van der Waals surface area contributed by atoms with E-state index >= 15 is 0 Å². The number of alkyl halides is 3. The van der Waals surface area contributed by atoms with Gasteiger partial charge in [0.05, 0.1) is 0 Å². The molecule has 0 aliphatic heterocycles. The van der Waals surface area contributed by atoms with E-state index in [9.17, 15) is 0 Å². The summed E-state index contributed by atoms with van der Waals surface area (Å²) in [6, 6.07) is 0. The summed E-state index contributed by atoms with van der Waals surface area (Å²) in [7, 11) is 0. The maximum Gasteiger partial charge on any atom is 0.0302 e. The molecular formula is C16H31Cl3. The Labute approximate surface area is 135 Å². The van der Waals surface area contributed by atoms with Crippen LogP contribution in [0.5, 0.6) is 0 Å². The monoisotopic (exact) mass is 328 g/mol. The summed E-state index contributed by atoms with van der Waals surface area (Å²) in [5.41, 5.74) is -0.0369. The maximum atomic E-state index is 5.98. The zero-order valence-corrected chi connectivity index (χ0v) is 14.8. The van der Waals surface area contributed by atoms with Crippen molar-refractivity contribution in [3.05, 3.63) is 0 Å². The van der Waals surface area contributed by atoms with Gasteiger partial charge in [-0.15, -0.1) is 34.8 Å². The molecule has 0 aliphatic rings. The summed E-state index contributed by atoms with van der Waals surface area (Å²) < 4.78 is 0. The molecule has 0 spiro atoms. The first-order valence-corrected chi connectivity index (χ1v) is 9.53. The number of rotatable bonds is 14. The van der Waals surface area contributed by atoms with E-state index in [1.165, 1.54) is 64.2 Å². The minimum atomic E-state index is -0.0369. The van der Waals surface area contributed by atoms with Crippen molar-refractivity contribution in [1.82, 2.24) is 0 Å². The fourth-order valence-corrected chi connectivity index (χ4v) is 3.55. The third-order valence-electron chi connectivity index (χ3n) is 3.91. The molecule has 0 aliphatic carbocycles. The lowest BCUT2D eigenvalue weighted by Crippen LogP contribution is -2.27. The van der Waals surface area contributed by atoms with E-state index < -0.39 is 0 Å². The third-order valence-corrected chi connectivity index (χ3v) is 5.61. The molecule has 0 fully saturated rings. The summed E-state index contributed by atoms with van der Waals surface area (Å²) in [4.78, 5) is 0. The molecule has 0 rings (SSSR count). The molecule has 0 nitrogen and oxygen atoms in total. The Kier molecular flexibility index (Phi) is 14.5. The highest BCUT2D eigenvalue weighted by Gasteiger charge is 2.26. The molecule has 0 amide bonds. The van der Waals surface area contributed by atoms with Crippen LogP contribution in [0.2, 0.25) is 0 Å². The van der Waals surface area contributed by atoms with E-state index in [4.69, 9.17) is 34.8 Å². The predicted molar refractivity (Wildman–Crippen MR) is 91.1 cm³/mol. The highest BCUT2D eigenvalue weighted by molar-refractivity contribution is 6.24. The Bertz CT molecular complexity index is 171. The molecule has 0 aromatic heterocycles. The van der Waals surface area contributed by atoms with Crippen molar-refractivity contribution >= 4 is 34.8 Å². The fourth-order valence-electron chi connectivity index (χ4n) is 2.30. The van der Waals surface area contributed by atoms with Crippen LogP contribution in [0.25, 0.3) is 0 Å². The molecule has 19 heavy (non-hydrogen) atoms. The number of hydrogen-bond acceptors (Lipinski definition) is 0. The van der Waals surface area contributed by atoms with E-state index in [2.05, 4.69) is 6.92 Å². The lowest BCUT2D eigenvalue weighted by atomic mass is 9.88. The van der Waals surface area contributed by atoms with Crippen LogP contribution in [0.3, 0.4) is 0 Å². The molecule has 0 atom stereocenters. The van der Waals surface area contributed by atoms with Gasteiger partial charge < -0.3 is 0 Å². The minimum Gasteiger partial charge on any atom is -0.126 e. The minimum absolute atomic E-state index is 0.0369. The van der Waals surface area contributed by atoms with E-state index in [-0.39, 0.29) is 5.41 Å². The first-order valence-electron chi connectivity index (χ1n) is 7.92. The molecule has 0 unspecified atom stereocenters. The largest absolute Gasteiger partial charge is 0.126 e. The van der Waals surface area contributed by atoms with Gasteiger partial charge in [-0.05, 0) is 6.42 Å². The van der Waals surface area contributed by atoms with Gasteiger partial charge in [-0.2, -0.15) is 0 Å². The number of unbranched alkanes of at least 4 members (excludes halogenated alkanes) is 9. The Balaban J connectivity index is 3.35. The lowest BCUT2D eigenvalue weighted by molar-refractivity contribution is 0.373. The average molecular weight is 330 g/mol. The average Bonchev–Trinajstić information content (AvgIpc) is 2.46. The maximum absolute atomic E-state index is 5.98. The van der Waals surface area contributed by atoms with Gasteiger partial charge in [0.25, 0.3) is 0 Å². The van der Waals surface area contributed by atoms with E-state index in [0.29, 0.717) is 17.6 Å². The topological polar surface area (TPSA) is 0 Å². The van der Waals surface area contributed by atoms with Crippen LogP contribution in [0.4, 0.5) is 0 Å². The van der Waals surface area contributed by atoms with E-state index in [1.807, 2.05) is 0 Å². The Hall–Kier alpha value is 0.870. The van der Waals surface area contributed by atoms with Crippen molar-refractivity contribution in [2.24, 2.45) is 5.41 Å². The second-order valence-electron chi connectivity index (χ2n) is 5.83. The van der Waals surface area contributed by atoms with Crippen molar-refractivity contribution < 1.29 is 0 Å². The van der Waals surface area contributed by atoms with Crippen LogP contribution in [-0.4, -0.2) is 17.6 Å².